The lowest BCUT2D eigenvalue weighted by Gasteiger charge is -2.25. The molecular weight excluding hydrogens is 652 g/mol. The number of ether oxygens (including phenoxy) is 1. The van der Waals surface area contributed by atoms with Crippen LogP contribution >= 0.6 is 24.0 Å². The van der Waals surface area contributed by atoms with Gasteiger partial charge in [0.15, 0.2) is 0 Å². The molecule has 0 aliphatic heterocycles. The molecule has 1 aromatic heterocycles. The van der Waals surface area contributed by atoms with E-state index in [1.165, 1.54) is 6.07 Å². The molecule has 250 valence electrons. The van der Waals surface area contributed by atoms with Crippen LogP contribution in [0.3, 0.4) is 0 Å². The molecule has 0 unspecified atom stereocenters. The Bertz CT molecular complexity index is 1940. The molecule has 5 aromatic rings. The van der Waals surface area contributed by atoms with E-state index in [-0.39, 0.29) is 36.5 Å². The summed E-state index contributed by atoms with van der Waals surface area (Å²) in [6.45, 7) is 4.73. The van der Waals surface area contributed by atoms with Gasteiger partial charge in [-0.25, -0.2) is 14.2 Å². The van der Waals surface area contributed by atoms with Crippen molar-refractivity contribution >= 4 is 46.9 Å². The van der Waals surface area contributed by atoms with Crippen molar-refractivity contribution in [2.45, 2.75) is 58.6 Å². The summed E-state index contributed by atoms with van der Waals surface area (Å²) in [6, 6.07) is 22.7. The smallest absolute Gasteiger partial charge is 0.335 e. The van der Waals surface area contributed by atoms with Crippen LogP contribution in [0.15, 0.2) is 78.9 Å². The number of carboxylic acids is 1. The van der Waals surface area contributed by atoms with Crippen LogP contribution in [0.25, 0.3) is 33.5 Å². The first kappa shape index (κ1) is 34.9. The van der Waals surface area contributed by atoms with Gasteiger partial charge in [0.1, 0.15) is 24.0 Å². The van der Waals surface area contributed by atoms with Gasteiger partial charge in [0, 0.05) is 29.2 Å². The number of amides is 1. The lowest BCUT2D eigenvalue weighted by molar-refractivity contribution is 0.0696. The van der Waals surface area contributed by atoms with Crippen molar-refractivity contribution in [3.63, 3.8) is 0 Å². The van der Waals surface area contributed by atoms with Gasteiger partial charge in [0.2, 0.25) is 0 Å². The van der Waals surface area contributed by atoms with Crippen LogP contribution < -0.4 is 10.1 Å². The fraction of sp³-hybridized carbons (Fsp3) is 0.289. The number of rotatable bonds is 10. The predicted octanol–water partition coefficient (Wildman–Crippen LogP) is 9.75. The number of nitrogens with one attached hydrogen (secondary N) is 1. The Hall–Kier alpha value is -4.40. The lowest BCUT2D eigenvalue weighted by atomic mass is 9.94. The first-order chi connectivity index (χ1) is 22.7. The monoisotopic (exact) mass is 689 g/mol. The number of carbonyl (C=O) groups excluding carboxylic acids is 1. The Morgan fingerprint density at radius 2 is 1.67 bits per heavy atom. The maximum Gasteiger partial charge on any atom is 0.335 e. The molecule has 1 fully saturated rings. The molecule has 48 heavy (non-hydrogen) atoms. The molecule has 0 bridgehead atoms. The zero-order valence-corrected chi connectivity index (χ0v) is 28.4. The summed E-state index contributed by atoms with van der Waals surface area (Å²) >= 11 is 6.13. The van der Waals surface area contributed by atoms with E-state index in [1.807, 2.05) is 50.2 Å². The number of imidazole rings is 1. The van der Waals surface area contributed by atoms with Crippen molar-refractivity contribution in [2.75, 3.05) is 6.54 Å². The second-order valence-corrected chi connectivity index (χ2v) is 13.0. The van der Waals surface area contributed by atoms with Crippen LogP contribution in [-0.4, -0.2) is 33.1 Å². The predicted molar refractivity (Wildman–Crippen MR) is 190 cm³/mol. The molecule has 0 saturated heterocycles. The minimum Gasteiger partial charge on any atom is -0.489 e. The Labute approximate surface area is 290 Å². The molecule has 1 amide bonds. The van der Waals surface area contributed by atoms with Gasteiger partial charge < -0.3 is 19.7 Å². The SMILES string of the molecule is CC(C)CNC(=O)c1ccc(-c2ccc(Cl)cc2)c(COc2ccc(-c3nc4cc(C(=O)O)ccc4n3C3CCCCC3)c(F)c2)c1.Cl. The van der Waals surface area contributed by atoms with Gasteiger partial charge in [-0.3, -0.25) is 4.79 Å². The van der Waals surface area contributed by atoms with E-state index in [0.29, 0.717) is 45.7 Å². The third-order valence-electron chi connectivity index (χ3n) is 8.65. The molecular formula is C38H38Cl2FN3O4. The fourth-order valence-corrected chi connectivity index (χ4v) is 6.35. The second kappa shape index (κ2) is 15.2. The summed E-state index contributed by atoms with van der Waals surface area (Å²) in [6.07, 6.45) is 5.21. The number of carboxylic acid groups (broad SMARTS) is 1. The van der Waals surface area contributed by atoms with Crippen molar-refractivity contribution < 1.29 is 23.8 Å². The Balaban J connectivity index is 0.00000451. The number of nitrogens with zero attached hydrogens (tertiary/aromatic N) is 2. The highest BCUT2D eigenvalue weighted by Crippen LogP contribution is 2.38. The number of hydrogen-bond acceptors (Lipinski definition) is 4. The zero-order valence-electron chi connectivity index (χ0n) is 26.8. The quantitative estimate of drug-likeness (QED) is 0.152. The van der Waals surface area contributed by atoms with E-state index in [4.69, 9.17) is 21.3 Å². The van der Waals surface area contributed by atoms with Crippen molar-refractivity contribution in [3.8, 4) is 28.3 Å². The van der Waals surface area contributed by atoms with Crippen molar-refractivity contribution in [3.05, 3.63) is 106 Å². The zero-order chi connectivity index (χ0) is 33.1. The molecule has 0 atom stereocenters. The molecule has 1 heterocycles. The number of aromatic carboxylic acids is 1. The normalized spacial score (nSPS) is 13.4. The van der Waals surface area contributed by atoms with Crippen molar-refractivity contribution in [2.24, 2.45) is 5.92 Å². The van der Waals surface area contributed by atoms with Gasteiger partial charge in [-0.15, -0.1) is 12.4 Å². The number of aromatic nitrogens is 2. The van der Waals surface area contributed by atoms with Gasteiger partial charge in [0.05, 0.1) is 22.2 Å². The highest BCUT2D eigenvalue weighted by Gasteiger charge is 2.25. The van der Waals surface area contributed by atoms with Gasteiger partial charge >= 0.3 is 5.97 Å². The number of fused-ring (bicyclic) bond motifs is 1. The summed E-state index contributed by atoms with van der Waals surface area (Å²) in [4.78, 5) is 29.3. The maximum absolute atomic E-state index is 16.0. The van der Waals surface area contributed by atoms with E-state index < -0.39 is 11.8 Å². The number of hydrogen-bond donors (Lipinski definition) is 2. The molecule has 0 spiro atoms. The van der Waals surface area contributed by atoms with Crippen LogP contribution in [0.5, 0.6) is 5.75 Å². The Morgan fingerprint density at radius 3 is 2.35 bits per heavy atom. The molecule has 6 rings (SSSR count). The molecule has 7 nitrogen and oxygen atoms in total. The minimum absolute atomic E-state index is 0. The van der Waals surface area contributed by atoms with E-state index in [1.54, 1.807) is 36.4 Å². The second-order valence-electron chi connectivity index (χ2n) is 12.5. The molecule has 2 N–H and O–H groups in total. The molecule has 10 heteroatoms. The van der Waals surface area contributed by atoms with Crippen LogP contribution in [0.1, 0.15) is 78.3 Å². The number of halogens is 3. The number of benzene rings is 4. The van der Waals surface area contributed by atoms with Crippen LogP contribution in [0.4, 0.5) is 4.39 Å². The third-order valence-corrected chi connectivity index (χ3v) is 8.90. The van der Waals surface area contributed by atoms with E-state index >= 15 is 4.39 Å². The summed E-state index contributed by atoms with van der Waals surface area (Å²) in [7, 11) is 0. The highest BCUT2D eigenvalue weighted by molar-refractivity contribution is 6.30. The summed E-state index contributed by atoms with van der Waals surface area (Å²) in [5, 5.41) is 13.1. The van der Waals surface area contributed by atoms with Crippen molar-refractivity contribution in [1.82, 2.24) is 14.9 Å². The van der Waals surface area contributed by atoms with Gasteiger partial charge in [-0.2, -0.15) is 0 Å². The summed E-state index contributed by atoms with van der Waals surface area (Å²) < 4.78 is 24.2. The van der Waals surface area contributed by atoms with Gasteiger partial charge in [-0.05, 0) is 90.0 Å². The first-order valence-corrected chi connectivity index (χ1v) is 16.4. The van der Waals surface area contributed by atoms with E-state index in [9.17, 15) is 14.7 Å². The Morgan fingerprint density at radius 1 is 0.958 bits per heavy atom. The fourth-order valence-electron chi connectivity index (χ4n) is 6.22. The van der Waals surface area contributed by atoms with Gasteiger partial charge in [-0.1, -0.05) is 62.9 Å². The molecule has 1 aliphatic carbocycles. The van der Waals surface area contributed by atoms with Crippen LogP contribution in [-0.2, 0) is 6.61 Å². The van der Waals surface area contributed by atoms with Gasteiger partial charge in [0.25, 0.3) is 5.91 Å². The molecule has 1 saturated carbocycles. The Kier molecular flexibility index (Phi) is 11.1. The summed E-state index contributed by atoms with van der Waals surface area (Å²) in [5.41, 5.74) is 4.85. The molecule has 0 radical (unpaired) electrons. The largest absolute Gasteiger partial charge is 0.489 e. The maximum atomic E-state index is 16.0. The van der Waals surface area contributed by atoms with E-state index in [2.05, 4.69) is 9.88 Å². The first-order valence-electron chi connectivity index (χ1n) is 16.0. The van der Waals surface area contributed by atoms with E-state index in [0.717, 1.165) is 54.3 Å². The topological polar surface area (TPSA) is 93.4 Å². The lowest BCUT2D eigenvalue weighted by Crippen LogP contribution is -2.27. The third kappa shape index (κ3) is 7.66. The average molecular weight is 691 g/mol. The number of carbonyl (C=O) groups is 2. The average Bonchev–Trinajstić information content (AvgIpc) is 3.45. The minimum atomic E-state index is -1.03. The molecule has 1 aliphatic rings. The standard InChI is InChI=1S/C38H37ClFN3O4.ClH/c1-23(2)21-41-37(44)25-10-15-31(24-8-12-28(39)13-9-24)27(18-25)22-47-30-14-16-32(33(40)20-30)36-42-34-19-26(38(45)46)11-17-35(34)43(36)29-6-4-3-5-7-29;/h8-20,23,29H,3-7,21-22H2,1-2H3,(H,41,44)(H,45,46);1H. The van der Waals surface area contributed by atoms with Crippen LogP contribution in [0.2, 0.25) is 5.02 Å². The highest BCUT2D eigenvalue weighted by atomic mass is 35.5. The van der Waals surface area contributed by atoms with Crippen LogP contribution in [0, 0.1) is 11.7 Å². The van der Waals surface area contributed by atoms with Crippen molar-refractivity contribution in [1.29, 1.82) is 0 Å². The summed E-state index contributed by atoms with van der Waals surface area (Å²) in [5.74, 6) is -0.578. The molecule has 4 aromatic carbocycles.